The predicted octanol–water partition coefficient (Wildman–Crippen LogP) is 0.550. The van der Waals surface area contributed by atoms with Crippen molar-refractivity contribution in [2.24, 2.45) is 0 Å². The van der Waals surface area contributed by atoms with Gasteiger partial charge in [-0.05, 0) is 39.7 Å². The molecule has 0 aromatic carbocycles. The molecule has 104 valence electrons. The smallest absolute Gasteiger partial charge is 0.240 e. The van der Waals surface area contributed by atoms with Crippen LogP contribution in [-0.2, 0) is 9.59 Å². The second-order valence-corrected chi connectivity index (χ2v) is 5.19. The minimum Gasteiger partial charge on any atom is -0.354 e. The molecule has 1 rings (SSSR count). The molecule has 1 atom stereocenters. The van der Waals surface area contributed by atoms with Crippen LogP contribution < -0.4 is 16.0 Å². The van der Waals surface area contributed by atoms with Crippen molar-refractivity contribution < 1.29 is 9.59 Å². The molecule has 0 spiro atoms. The lowest BCUT2D eigenvalue weighted by atomic mass is 9.93. The van der Waals surface area contributed by atoms with Crippen LogP contribution in [0.15, 0.2) is 0 Å². The van der Waals surface area contributed by atoms with E-state index in [1.165, 1.54) is 0 Å². The maximum Gasteiger partial charge on any atom is 0.240 e. The molecule has 0 bridgehead atoms. The first-order valence-corrected chi connectivity index (χ1v) is 6.83. The van der Waals surface area contributed by atoms with Crippen molar-refractivity contribution in [3.8, 4) is 0 Å². The number of hydrogen-bond acceptors (Lipinski definition) is 3. The second-order valence-electron chi connectivity index (χ2n) is 5.19. The van der Waals surface area contributed by atoms with Gasteiger partial charge in [0.15, 0.2) is 0 Å². The van der Waals surface area contributed by atoms with E-state index in [-0.39, 0.29) is 17.9 Å². The Kier molecular flexibility index (Phi) is 5.59. The van der Waals surface area contributed by atoms with Crippen molar-refractivity contribution in [2.45, 2.75) is 58.0 Å². The van der Waals surface area contributed by atoms with Crippen molar-refractivity contribution in [1.82, 2.24) is 16.0 Å². The molecule has 1 fully saturated rings. The monoisotopic (exact) mass is 255 g/mol. The first-order valence-electron chi connectivity index (χ1n) is 6.83. The average Bonchev–Trinajstić information content (AvgIpc) is 2.77. The summed E-state index contributed by atoms with van der Waals surface area (Å²) in [6, 6.07) is 0.145. The van der Waals surface area contributed by atoms with Crippen LogP contribution in [0.5, 0.6) is 0 Å². The van der Waals surface area contributed by atoms with Gasteiger partial charge in [-0.2, -0.15) is 0 Å². The minimum atomic E-state index is -0.408. The third kappa shape index (κ3) is 3.98. The highest BCUT2D eigenvalue weighted by molar-refractivity contribution is 5.87. The molecule has 0 saturated carbocycles. The van der Waals surface area contributed by atoms with E-state index < -0.39 is 5.54 Å². The van der Waals surface area contributed by atoms with E-state index in [1.807, 2.05) is 20.8 Å². The normalized spacial score (nSPS) is 23.1. The molecule has 1 saturated heterocycles. The Morgan fingerprint density at radius 3 is 2.61 bits per heavy atom. The van der Waals surface area contributed by atoms with E-state index >= 15 is 0 Å². The van der Waals surface area contributed by atoms with Gasteiger partial charge < -0.3 is 16.0 Å². The van der Waals surface area contributed by atoms with Crippen molar-refractivity contribution in [3.63, 3.8) is 0 Å². The lowest BCUT2D eigenvalue weighted by Gasteiger charge is -2.26. The van der Waals surface area contributed by atoms with E-state index in [2.05, 4.69) is 16.0 Å². The highest BCUT2D eigenvalue weighted by Gasteiger charge is 2.38. The van der Waals surface area contributed by atoms with Crippen LogP contribution in [0.3, 0.4) is 0 Å². The van der Waals surface area contributed by atoms with Crippen LogP contribution in [0.25, 0.3) is 0 Å². The predicted molar refractivity (Wildman–Crippen MR) is 71.2 cm³/mol. The maximum atomic E-state index is 12.1. The summed E-state index contributed by atoms with van der Waals surface area (Å²) in [6.45, 7) is 7.16. The molecular formula is C13H25N3O2. The maximum absolute atomic E-state index is 12.1. The van der Waals surface area contributed by atoms with Gasteiger partial charge in [0.25, 0.3) is 0 Å². The number of nitrogens with one attached hydrogen (secondary N) is 3. The molecule has 2 amide bonds. The van der Waals surface area contributed by atoms with Gasteiger partial charge in [0.1, 0.15) is 0 Å². The Morgan fingerprint density at radius 1 is 1.39 bits per heavy atom. The van der Waals surface area contributed by atoms with Gasteiger partial charge in [0.05, 0.1) is 5.54 Å². The number of carbonyl (C=O) groups excluding carboxylic acids is 2. The summed E-state index contributed by atoms with van der Waals surface area (Å²) < 4.78 is 0. The molecule has 1 unspecified atom stereocenters. The molecule has 5 heteroatoms. The molecule has 5 nitrogen and oxygen atoms in total. The Labute approximate surface area is 109 Å². The fourth-order valence-electron chi connectivity index (χ4n) is 2.32. The standard InChI is InChI=1S/C13H25N3O2/c1-4-13(7-5-8-15-13)12(18)14-9-6-11(17)16-10(2)3/h10,15H,4-9H2,1-3H3,(H,14,18)(H,16,17). The Bertz CT molecular complexity index is 297. The van der Waals surface area contributed by atoms with Gasteiger partial charge in [-0.1, -0.05) is 6.92 Å². The van der Waals surface area contributed by atoms with E-state index in [0.29, 0.717) is 13.0 Å². The Balaban J connectivity index is 2.30. The van der Waals surface area contributed by atoms with Crippen LogP contribution >= 0.6 is 0 Å². The fraction of sp³-hybridized carbons (Fsp3) is 0.846. The van der Waals surface area contributed by atoms with Crippen LogP contribution in [0, 0.1) is 0 Å². The van der Waals surface area contributed by atoms with Gasteiger partial charge in [-0.25, -0.2) is 0 Å². The van der Waals surface area contributed by atoms with Gasteiger partial charge in [-0.3, -0.25) is 9.59 Å². The van der Waals surface area contributed by atoms with Gasteiger partial charge in [0, 0.05) is 19.0 Å². The zero-order valence-corrected chi connectivity index (χ0v) is 11.6. The molecule has 0 aliphatic carbocycles. The number of carbonyl (C=O) groups is 2. The van der Waals surface area contributed by atoms with Crippen LogP contribution in [0.2, 0.25) is 0 Å². The summed E-state index contributed by atoms with van der Waals surface area (Å²) in [4.78, 5) is 23.5. The Hall–Kier alpha value is -1.10. The lowest BCUT2D eigenvalue weighted by Crippen LogP contribution is -2.53. The summed E-state index contributed by atoms with van der Waals surface area (Å²) in [7, 11) is 0. The largest absolute Gasteiger partial charge is 0.354 e. The second kappa shape index (κ2) is 6.73. The van der Waals surface area contributed by atoms with Gasteiger partial charge in [0.2, 0.25) is 11.8 Å². The molecule has 18 heavy (non-hydrogen) atoms. The van der Waals surface area contributed by atoms with Crippen molar-refractivity contribution in [2.75, 3.05) is 13.1 Å². The number of rotatable bonds is 6. The third-order valence-corrected chi connectivity index (χ3v) is 3.37. The quantitative estimate of drug-likeness (QED) is 0.649. The number of hydrogen-bond donors (Lipinski definition) is 3. The molecule has 0 radical (unpaired) electrons. The van der Waals surface area contributed by atoms with Crippen LogP contribution in [-0.4, -0.2) is 36.5 Å². The molecule has 1 aliphatic heterocycles. The number of amides is 2. The lowest BCUT2D eigenvalue weighted by molar-refractivity contribution is -0.127. The van der Waals surface area contributed by atoms with Gasteiger partial charge >= 0.3 is 0 Å². The Morgan fingerprint density at radius 2 is 2.11 bits per heavy atom. The van der Waals surface area contributed by atoms with E-state index in [4.69, 9.17) is 0 Å². The molecule has 1 heterocycles. The van der Waals surface area contributed by atoms with E-state index in [1.54, 1.807) is 0 Å². The summed E-state index contributed by atoms with van der Waals surface area (Å²) in [6.07, 6.45) is 3.04. The molecular weight excluding hydrogens is 230 g/mol. The first kappa shape index (κ1) is 15.0. The third-order valence-electron chi connectivity index (χ3n) is 3.37. The minimum absolute atomic E-state index is 0.0183. The van der Waals surface area contributed by atoms with E-state index in [0.717, 1.165) is 25.8 Å². The molecule has 0 aromatic rings. The van der Waals surface area contributed by atoms with Crippen molar-refractivity contribution >= 4 is 11.8 Å². The zero-order valence-electron chi connectivity index (χ0n) is 11.6. The molecule has 0 aromatic heterocycles. The van der Waals surface area contributed by atoms with Crippen molar-refractivity contribution in [3.05, 3.63) is 0 Å². The zero-order chi connectivity index (χ0) is 13.6. The SMILES string of the molecule is CCC1(C(=O)NCCC(=O)NC(C)C)CCCN1. The first-order chi connectivity index (χ1) is 8.50. The summed E-state index contributed by atoms with van der Waals surface area (Å²) in [5.74, 6) is 0.00933. The molecule has 1 aliphatic rings. The summed E-state index contributed by atoms with van der Waals surface area (Å²) in [5, 5.41) is 8.94. The van der Waals surface area contributed by atoms with Crippen molar-refractivity contribution in [1.29, 1.82) is 0 Å². The topological polar surface area (TPSA) is 70.2 Å². The molecule has 3 N–H and O–H groups in total. The van der Waals surface area contributed by atoms with Gasteiger partial charge in [-0.15, -0.1) is 0 Å². The summed E-state index contributed by atoms with van der Waals surface area (Å²) in [5.41, 5.74) is -0.408. The van der Waals surface area contributed by atoms with E-state index in [9.17, 15) is 9.59 Å². The summed E-state index contributed by atoms with van der Waals surface area (Å²) >= 11 is 0. The highest BCUT2D eigenvalue weighted by Crippen LogP contribution is 2.22. The van der Waals surface area contributed by atoms with Crippen LogP contribution in [0.4, 0.5) is 0 Å². The average molecular weight is 255 g/mol. The highest BCUT2D eigenvalue weighted by atomic mass is 16.2. The van der Waals surface area contributed by atoms with Crippen LogP contribution in [0.1, 0.15) is 46.5 Å². The fourth-order valence-corrected chi connectivity index (χ4v) is 2.32.